The fourth-order valence-corrected chi connectivity index (χ4v) is 2.44. The molecule has 100 valence electrons. The van der Waals surface area contributed by atoms with Crippen molar-refractivity contribution in [3.8, 4) is 6.07 Å². The third-order valence-electron chi connectivity index (χ3n) is 3.73. The van der Waals surface area contributed by atoms with Gasteiger partial charge >= 0.3 is 0 Å². The van der Waals surface area contributed by atoms with E-state index in [-0.39, 0.29) is 17.2 Å². The maximum Gasteiger partial charge on any atom is 0.141 e. The molecule has 0 aromatic rings. The van der Waals surface area contributed by atoms with Gasteiger partial charge in [-0.1, -0.05) is 24.6 Å². The molecule has 3 nitrogen and oxygen atoms in total. The molecule has 0 aliphatic carbocycles. The minimum Gasteiger partial charge on any atom is -0.299 e. The maximum atomic E-state index is 12.1. The van der Waals surface area contributed by atoms with E-state index in [4.69, 9.17) is 16.9 Å². The second kappa shape index (κ2) is 6.36. The van der Waals surface area contributed by atoms with Gasteiger partial charge in [-0.15, -0.1) is 0 Å². The van der Waals surface area contributed by atoms with Crippen LogP contribution < -0.4 is 0 Å². The van der Waals surface area contributed by atoms with Crippen molar-refractivity contribution in [1.82, 2.24) is 4.90 Å². The number of carbonyl (C=O) groups is 1. The molecule has 2 atom stereocenters. The number of nitrogens with zero attached hydrogens (tertiary/aromatic N) is 2. The first-order chi connectivity index (χ1) is 8.39. The molecule has 1 heterocycles. The first-order valence-corrected chi connectivity index (χ1v) is 6.73. The van der Waals surface area contributed by atoms with Crippen LogP contribution in [0.25, 0.3) is 0 Å². The van der Waals surface area contributed by atoms with Crippen molar-refractivity contribution in [3.63, 3.8) is 0 Å². The van der Waals surface area contributed by atoms with E-state index < -0.39 is 0 Å². The monoisotopic (exact) mass is 268 g/mol. The fourth-order valence-electron chi connectivity index (χ4n) is 2.37. The summed E-state index contributed by atoms with van der Waals surface area (Å²) in [5.41, 5.74) is -0.379. The largest absolute Gasteiger partial charge is 0.299 e. The Bertz CT molecular complexity index is 382. The van der Waals surface area contributed by atoms with E-state index in [1.165, 1.54) is 0 Å². The van der Waals surface area contributed by atoms with Crippen molar-refractivity contribution < 1.29 is 4.79 Å². The molecule has 0 N–H and O–H groups in total. The predicted molar refractivity (Wildman–Crippen MR) is 73.2 cm³/mol. The number of hydrogen-bond acceptors (Lipinski definition) is 3. The number of halogens is 1. The van der Waals surface area contributed by atoms with Crippen molar-refractivity contribution in [1.29, 1.82) is 5.26 Å². The van der Waals surface area contributed by atoms with Gasteiger partial charge in [-0.05, 0) is 20.3 Å². The number of ketones is 1. The zero-order valence-electron chi connectivity index (χ0n) is 11.4. The first kappa shape index (κ1) is 15.2. The zero-order chi connectivity index (χ0) is 13.8. The van der Waals surface area contributed by atoms with Crippen LogP contribution in [0, 0.1) is 16.7 Å². The van der Waals surface area contributed by atoms with E-state index >= 15 is 0 Å². The van der Waals surface area contributed by atoms with E-state index in [0.29, 0.717) is 19.3 Å². The van der Waals surface area contributed by atoms with Crippen LogP contribution in [0.15, 0.2) is 11.1 Å². The normalized spacial score (nSPS) is 30.3. The van der Waals surface area contributed by atoms with Gasteiger partial charge in [0.15, 0.2) is 0 Å². The summed E-state index contributed by atoms with van der Waals surface area (Å²) in [5.74, 6) is 0.285. The average Bonchev–Trinajstić information content (AvgIpc) is 2.30. The Kier molecular flexibility index (Phi) is 5.37. The lowest BCUT2D eigenvalue weighted by molar-refractivity contribution is -0.135. The third-order valence-corrected chi connectivity index (χ3v) is 3.88. The van der Waals surface area contributed by atoms with Gasteiger partial charge in [0.1, 0.15) is 5.78 Å². The maximum absolute atomic E-state index is 12.1. The summed E-state index contributed by atoms with van der Waals surface area (Å²) >= 11 is 5.85. The van der Waals surface area contributed by atoms with Crippen LogP contribution in [0.4, 0.5) is 0 Å². The molecule has 0 amide bonds. The van der Waals surface area contributed by atoms with Gasteiger partial charge in [-0.25, -0.2) is 0 Å². The summed E-state index contributed by atoms with van der Waals surface area (Å²) in [6.07, 6.45) is 3.62. The van der Waals surface area contributed by atoms with E-state index in [2.05, 4.69) is 17.9 Å². The van der Waals surface area contributed by atoms with Crippen molar-refractivity contribution in [2.45, 2.75) is 46.1 Å². The Labute approximate surface area is 114 Å². The molecule has 1 rings (SSSR count). The van der Waals surface area contributed by atoms with Gasteiger partial charge in [0.2, 0.25) is 0 Å². The molecule has 18 heavy (non-hydrogen) atoms. The van der Waals surface area contributed by atoms with Crippen LogP contribution in [-0.2, 0) is 4.79 Å². The molecule has 1 aliphatic heterocycles. The van der Waals surface area contributed by atoms with Gasteiger partial charge in [0.25, 0.3) is 0 Å². The van der Waals surface area contributed by atoms with E-state index in [1.807, 2.05) is 19.9 Å². The molecule has 0 aromatic heterocycles. The summed E-state index contributed by atoms with van der Waals surface area (Å²) < 4.78 is 0. The standard InChI is InChI=1S/C14H21ClN2O/c1-11(15)5-8-17-10-14(3,6-4-7-16)13(18)9-12(17)2/h5,12H,4,6,8-10H2,1-3H3/b11-5+. The number of Topliss-reactive ketones (excluding diaryl/α,β-unsaturated/α-hetero) is 1. The number of piperidine rings is 1. The minimum atomic E-state index is -0.379. The van der Waals surface area contributed by atoms with Gasteiger partial charge < -0.3 is 0 Å². The highest BCUT2D eigenvalue weighted by Crippen LogP contribution is 2.33. The van der Waals surface area contributed by atoms with E-state index in [1.54, 1.807) is 0 Å². The van der Waals surface area contributed by atoms with E-state index in [0.717, 1.165) is 18.1 Å². The van der Waals surface area contributed by atoms with E-state index in [9.17, 15) is 4.79 Å². The summed E-state index contributed by atoms with van der Waals surface area (Å²) in [6, 6.07) is 2.38. The van der Waals surface area contributed by atoms with Crippen LogP contribution in [-0.4, -0.2) is 29.8 Å². The Morgan fingerprint density at radius 2 is 2.39 bits per heavy atom. The van der Waals surface area contributed by atoms with Gasteiger partial charge in [-0.2, -0.15) is 5.26 Å². The highest BCUT2D eigenvalue weighted by molar-refractivity contribution is 6.29. The lowest BCUT2D eigenvalue weighted by Gasteiger charge is -2.42. The molecule has 4 heteroatoms. The fraction of sp³-hybridized carbons (Fsp3) is 0.714. The van der Waals surface area contributed by atoms with Crippen LogP contribution in [0.3, 0.4) is 0 Å². The molecule has 0 bridgehead atoms. The Morgan fingerprint density at radius 1 is 1.72 bits per heavy atom. The Hall–Kier alpha value is -0.850. The lowest BCUT2D eigenvalue weighted by atomic mass is 9.75. The number of nitriles is 1. The van der Waals surface area contributed by atoms with Gasteiger partial charge in [0, 0.05) is 42.4 Å². The van der Waals surface area contributed by atoms with Gasteiger partial charge in [-0.3, -0.25) is 9.69 Å². The molecule has 0 radical (unpaired) electrons. The van der Waals surface area contributed by atoms with Crippen LogP contribution in [0.2, 0.25) is 0 Å². The number of rotatable bonds is 4. The summed E-state index contributed by atoms with van der Waals surface area (Å²) in [6.45, 7) is 7.39. The van der Waals surface area contributed by atoms with Crippen molar-refractivity contribution in [2.24, 2.45) is 5.41 Å². The summed E-state index contributed by atoms with van der Waals surface area (Å²) in [4.78, 5) is 14.4. The molecule has 0 spiro atoms. The van der Waals surface area contributed by atoms with Crippen molar-refractivity contribution in [2.75, 3.05) is 13.1 Å². The topological polar surface area (TPSA) is 44.1 Å². The minimum absolute atomic E-state index is 0.250. The molecule has 0 saturated carbocycles. The van der Waals surface area contributed by atoms with Gasteiger partial charge in [0.05, 0.1) is 6.07 Å². The average molecular weight is 269 g/mol. The van der Waals surface area contributed by atoms with Crippen LogP contribution in [0.5, 0.6) is 0 Å². The molecule has 0 aromatic carbocycles. The van der Waals surface area contributed by atoms with Crippen LogP contribution in [0.1, 0.15) is 40.0 Å². The quantitative estimate of drug-likeness (QED) is 0.787. The number of allylic oxidation sites excluding steroid dienone is 1. The Morgan fingerprint density at radius 3 is 2.94 bits per heavy atom. The smallest absolute Gasteiger partial charge is 0.141 e. The molecule has 1 saturated heterocycles. The molecular formula is C14H21ClN2O. The number of likely N-dealkylation sites (tertiary alicyclic amines) is 1. The summed E-state index contributed by atoms with van der Waals surface area (Å²) in [7, 11) is 0. The Balaban J connectivity index is 2.74. The zero-order valence-corrected chi connectivity index (χ0v) is 12.1. The molecule has 1 fully saturated rings. The van der Waals surface area contributed by atoms with Crippen LogP contribution >= 0.6 is 11.6 Å². The number of hydrogen-bond donors (Lipinski definition) is 0. The SMILES string of the molecule is C/C(Cl)=C\CN1CC(C)(CCC#N)C(=O)CC1C. The predicted octanol–water partition coefficient (Wildman–Crippen LogP) is 3.10. The highest BCUT2D eigenvalue weighted by atomic mass is 35.5. The third kappa shape index (κ3) is 3.83. The molecule has 1 aliphatic rings. The second-order valence-electron chi connectivity index (χ2n) is 5.42. The molecular weight excluding hydrogens is 248 g/mol. The molecule has 2 unspecified atom stereocenters. The summed E-state index contributed by atoms with van der Waals surface area (Å²) in [5, 5.41) is 9.47. The van der Waals surface area contributed by atoms with Crippen molar-refractivity contribution >= 4 is 17.4 Å². The van der Waals surface area contributed by atoms with Crippen molar-refractivity contribution in [3.05, 3.63) is 11.1 Å². The first-order valence-electron chi connectivity index (χ1n) is 6.35. The highest BCUT2D eigenvalue weighted by Gasteiger charge is 2.40. The number of carbonyl (C=O) groups excluding carboxylic acids is 1. The second-order valence-corrected chi connectivity index (χ2v) is 6.01. The lowest BCUT2D eigenvalue weighted by Crippen LogP contribution is -2.51.